The molecule has 0 radical (unpaired) electrons. The van der Waals surface area contributed by atoms with Crippen LogP contribution >= 0.6 is 34.0 Å². The number of alkyl halides is 1. The smallest absolute Gasteiger partial charge is 0.161 e. The number of nitrogens with zero attached hydrogens (tertiary/aromatic N) is 25. The van der Waals surface area contributed by atoms with Crippen LogP contribution in [-0.2, 0) is 54.9 Å². The summed E-state index contributed by atoms with van der Waals surface area (Å²) in [5.74, 6) is 6.32. The number of anilines is 4. The maximum absolute atomic E-state index is 14.0. The zero-order chi connectivity index (χ0) is 93.9. The molecule has 4 aliphatic rings. The minimum absolute atomic E-state index is 0.0568. The summed E-state index contributed by atoms with van der Waals surface area (Å²) in [6, 6.07) is 33.3. The Morgan fingerprint density at radius 3 is 1.13 bits per heavy atom. The Bertz CT molecular complexity index is 7010. The SMILES string of the molecule is Cc1nnc(-c2cnc(-c3cccc(-c4cnn(C)c4)c3)nc2NC2CCC(CS(C)(=O)=O)CC2)s1.Cc1nnc(-c2cnc(-c3cccc(-c4cnn(C)c4)c3)nc2NC2CCC(N)CC2)s1.Cc1nnc(-c2cnc(-c3cccc(-c4cnn(C)c4)c3)nc2NCCN2CCS(=O)(=O)CC2)s1.Cn1cc(-c2cccc(-c3ncc(-c4cnn(C)c4)c(N[C@@H]4CNC[C@@H](F)C4)n3)c2)cn1. The fraction of sp³-hybridized carbons (Fsp3) is 0.351. The molecule has 4 aromatic carbocycles. The van der Waals surface area contributed by atoms with Crippen LogP contribution in [0.2, 0.25) is 0 Å². The molecule has 0 bridgehead atoms. The van der Waals surface area contributed by atoms with Crippen LogP contribution in [0.4, 0.5) is 27.7 Å². The average Bonchev–Trinajstić information content (AvgIpc) is 1.78. The lowest BCUT2D eigenvalue weighted by Crippen LogP contribution is -2.44. The molecule has 0 spiro atoms. The van der Waals surface area contributed by atoms with Crippen molar-refractivity contribution >= 4 is 77.0 Å². The number of nitrogens with one attached hydrogen (secondary N) is 5. The predicted molar refractivity (Wildman–Crippen MR) is 528 cm³/mol. The van der Waals surface area contributed by atoms with Gasteiger partial charge >= 0.3 is 0 Å². The monoisotopic (exact) mass is 1910 g/mol. The highest BCUT2D eigenvalue weighted by Crippen LogP contribution is 2.40. The van der Waals surface area contributed by atoms with Crippen LogP contribution in [0.25, 0.3) is 133 Å². The van der Waals surface area contributed by atoms with Crippen LogP contribution in [0, 0.1) is 26.7 Å². The highest BCUT2D eigenvalue weighted by Gasteiger charge is 2.30. The maximum atomic E-state index is 14.0. The number of aryl methyl sites for hydroxylation is 8. The van der Waals surface area contributed by atoms with Crippen molar-refractivity contribution in [1.82, 2.24) is 130 Å². The molecule has 12 aromatic heterocycles. The van der Waals surface area contributed by atoms with Crippen LogP contribution in [-0.4, -0.2) is 234 Å². The fourth-order valence-electron chi connectivity index (χ4n) is 16.7. The summed E-state index contributed by atoms with van der Waals surface area (Å²) < 4.78 is 69.7. The highest BCUT2D eigenvalue weighted by molar-refractivity contribution is 7.91. The first kappa shape index (κ1) is 93.6. The molecule has 7 N–H and O–H groups in total. The second-order valence-electron chi connectivity index (χ2n) is 34.5. The Hall–Kier alpha value is -13.2. The van der Waals surface area contributed by atoms with Gasteiger partial charge in [0.25, 0.3) is 0 Å². The van der Waals surface area contributed by atoms with Crippen LogP contribution < -0.4 is 32.3 Å². The number of nitrogens with two attached hydrogens (primary N) is 1. The molecule has 16 aromatic rings. The van der Waals surface area contributed by atoms with E-state index in [4.69, 9.17) is 25.7 Å². The Morgan fingerprint density at radius 1 is 0.430 bits per heavy atom. The molecule has 135 heavy (non-hydrogen) atoms. The van der Waals surface area contributed by atoms with Gasteiger partial charge in [-0.2, -0.15) is 25.5 Å². The first-order chi connectivity index (χ1) is 65.2. The molecule has 35 nitrogen and oxygen atoms in total. The van der Waals surface area contributed by atoms with Gasteiger partial charge in [0.05, 0.1) is 64.9 Å². The first-order valence-electron chi connectivity index (χ1n) is 44.7. The molecule has 2 aliphatic carbocycles. The topological polar surface area (TPSA) is 427 Å². The standard InChI is InChI=1S/C25H29N7O2S2.C23H25FN8.C23H26N8O2S2.C23H26N8S/c1-16-30-31-25(35-16)22-13-26-23(19-6-4-5-18(11-19)20-12-27-32(2)14-20)29-24(22)28-21-9-7-17(8-10-21)15-36(3,33)34;1-31-13-17(8-27-31)15-4-3-5-16(6-15)22-26-12-21(18-9-28-32(2)14-18)23(30-22)29-20-7-19(24)10-25-11-20;1-16-28-29-23(34-16)20-14-25-21(18-5-3-4-17(12-18)19-13-26-30(2)15-19)27-22(20)24-6-7-31-8-10-35(32,33)11-9-31;1-14-29-30-23(32-14)20-12-25-21(28-22(20)27-19-8-6-18(24)7-9-19)16-5-3-4-15(10-16)17-11-26-31(2)13-17/h4-6,11-14,17,21H,7-10,15H2,1-3H3,(H,26,28,29);3-6,8-9,12-14,19-20,25H,7,10-11H2,1-2H3,(H,26,29,30);3-5,12-15H,6-11H2,1-2H3,(H,24,25,27);3-5,10-13,18-19H,6-9,24H2,1-2H3,(H,25,27,28)/t;19-,20-;;/m.0../s1. The van der Waals surface area contributed by atoms with Gasteiger partial charge in [-0.3, -0.25) is 28.3 Å². The number of hydrogen-bond donors (Lipinski definition) is 6. The normalized spacial score (nSPS) is 17.8. The Morgan fingerprint density at radius 2 is 0.770 bits per heavy atom. The molecule has 2 saturated carbocycles. The Balaban J connectivity index is 0.000000125. The second-order valence-corrected chi connectivity index (χ2v) is 42.5. The van der Waals surface area contributed by atoms with E-state index in [-0.39, 0.29) is 35.3 Å². The van der Waals surface area contributed by atoms with Crippen molar-refractivity contribution in [3.63, 3.8) is 0 Å². The summed E-state index contributed by atoms with van der Waals surface area (Å²) in [7, 11) is 3.62. The second kappa shape index (κ2) is 42.2. The van der Waals surface area contributed by atoms with Crippen molar-refractivity contribution in [2.75, 3.05) is 84.1 Å². The summed E-state index contributed by atoms with van der Waals surface area (Å²) in [5, 5.41) is 69.1. The van der Waals surface area contributed by atoms with E-state index in [1.54, 1.807) is 47.1 Å². The zero-order valence-electron chi connectivity index (χ0n) is 76.3. The lowest BCUT2D eigenvalue weighted by molar-refractivity contribution is 0.255. The number of halogens is 1. The van der Waals surface area contributed by atoms with E-state index in [0.29, 0.717) is 86.2 Å². The number of rotatable bonds is 24. The van der Waals surface area contributed by atoms with Crippen molar-refractivity contribution in [3.05, 3.63) is 199 Å². The van der Waals surface area contributed by atoms with Gasteiger partial charge in [-0.15, -0.1) is 30.6 Å². The molecule has 4 fully saturated rings. The van der Waals surface area contributed by atoms with E-state index in [0.717, 1.165) is 194 Å². The van der Waals surface area contributed by atoms with Gasteiger partial charge in [0.1, 0.15) is 54.3 Å². The number of hydrogen-bond acceptors (Lipinski definition) is 33. The summed E-state index contributed by atoms with van der Waals surface area (Å²) in [4.78, 5) is 40.4. The quantitative estimate of drug-likeness (QED) is 0.0327. The van der Waals surface area contributed by atoms with Crippen LogP contribution in [0.5, 0.6) is 0 Å². The fourth-order valence-corrected chi connectivity index (χ4v) is 21.3. The molecule has 0 unspecified atom stereocenters. The molecule has 14 heterocycles. The maximum Gasteiger partial charge on any atom is 0.161 e. The molecular weight excluding hydrogens is 1810 g/mol. The van der Waals surface area contributed by atoms with E-state index < -0.39 is 25.8 Å². The van der Waals surface area contributed by atoms with E-state index in [2.05, 4.69) is 138 Å². The number of benzene rings is 4. The van der Waals surface area contributed by atoms with Crippen molar-refractivity contribution < 1.29 is 21.2 Å². The number of sulfone groups is 2. The van der Waals surface area contributed by atoms with Gasteiger partial charge in [-0.05, 0) is 125 Å². The molecule has 0 amide bonds. The van der Waals surface area contributed by atoms with E-state index in [9.17, 15) is 21.2 Å². The first-order valence-corrected chi connectivity index (χ1v) is 51.0. The zero-order valence-corrected chi connectivity index (χ0v) is 80.4. The Labute approximate surface area is 794 Å². The Kier molecular flexibility index (Phi) is 29.3. The van der Waals surface area contributed by atoms with Crippen LogP contribution in [0.3, 0.4) is 0 Å². The third-order valence-electron chi connectivity index (χ3n) is 23.7. The number of piperidine rings is 1. The minimum atomic E-state index is -2.96. The van der Waals surface area contributed by atoms with Gasteiger partial charge in [-0.1, -0.05) is 107 Å². The van der Waals surface area contributed by atoms with E-state index in [1.165, 1.54) is 28.9 Å². The summed E-state index contributed by atoms with van der Waals surface area (Å²) in [5.41, 5.74) is 22.4. The average molecular weight is 1910 g/mol. The van der Waals surface area contributed by atoms with Gasteiger partial charge in [-0.25, -0.2) is 61.1 Å². The lowest BCUT2D eigenvalue weighted by atomic mass is 9.87. The third kappa shape index (κ3) is 24.5. The lowest BCUT2D eigenvalue weighted by Gasteiger charge is -2.29. The molecular formula is C94H106FN31O4S5. The molecule has 2 atom stereocenters. The van der Waals surface area contributed by atoms with Crippen molar-refractivity contribution in [2.45, 2.75) is 109 Å². The summed E-state index contributed by atoms with van der Waals surface area (Å²) in [6.45, 7) is 9.33. The predicted octanol–water partition coefficient (Wildman–Crippen LogP) is 14.0. The van der Waals surface area contributed by atoms with E-state index >= 15 is 0 Å². The van der Waals surface area contributed by atoms with E-state index in [1.807, 2.05) is 197 Å². The number of aromatic nitrogens is 24. The van der Waals surface area contributed by atoms with Crippen LogP contribution in [0.15, 0.2) is 184 Å². The molecule has 2 saturated heterocycles. The van der Waals surface area contributed by atoms with Gasteiger partial charge in [0, 0.05) is 223 Å². The van der Waals surface area contributed by atoms with Gasteiger partial charge < -0.3 is 32.3 Å². The molecule has 698 valence electrons. The van der Waals surface area contributed by atoms with Crippen LogP contribution in [0.1, 0.15) is 72.8 Å². The van der Waals surface area contributed by atoms with Crippen molar-refractivity contribution in [1.29, 1.82) is 0 Å². The summed E-state index contributed by atoms with van der Waals surface area (Å²) >= 11 is 4.55. The minimum Gasteiger partial charge on any atom is -0.368 e. The van der Waals surface area contributed by atoms with Crippen molar-refractivity contribution in [2.24, 2.45) is 46.9 Å². The van der Waals surface area contributed by atoms with Gasteiger partial charge in [0.2, 0.25) is 0 Å². The molecule has 41 heteroatoms. The van der Waals surface area contributed by atoms with Crippen molar-refractivity contribution in [3.8, 4) is 133 Å². The molecule has 2 aliphatic heterocycles. The molecule has 20 rings (SSSR count). The van der Waals surface area contributed by atoms with Gasteiger partial charge in [0.15, 0.2) is 48.2 Å². The third-order valence-corrected chi connectivity index (χ3v) is 29.0. The summed E-state index contributed by atoms with van der Waals surface area (Å²) in [6.07, 6.45) is 34.8. The largest absolute Gasteiger partial charge is 0.368 e. The highest BCUT2D eigenvalue weighted by atomic mass is 32.2.